The van der Waals surface area contributed by atoms with Crippen LogP contribution >= 0.6 is 8.81 Å². The predicted molar refractivity (Wildman–Crippen MR) is 30.6 cm³/mol. The van der Waals surface area contributed by atoms with Gasteiger partial charge < -0.3 is 0 Å². The zero-order chi connectivity index (χ0) is 4.71. The first-order valence-corrected chi connectivity index (χ1v) is 4.07. The van der Waals surface area contributed by atoms with Crippen molar-refractivity contribution in [1.82, 2.24) is 0 Å². The van der Waals surface area contributed by atoms with Crippen molar-refractivity contribution < 1.29 is 4.89 Å². The molecule has 0 saturated carbocycles. The van der Waals surface area contributed by atoms with Gasteiger partial charge in [-0.15, -0.1) is 0 Å². The zero-order valence-corrected chi connectivity index (χ0v) is 5.57. The molecule has 0 spiro atoms. The number of hydrogen-bond donors (Lipinski definition) is 1. The molecule has 0 atom stereocenters. The van der Waals surface area contributed by atoms with Gasteiger partial charge in [0.2, 0.25) is 0 Å². The van der Waals surface area contributed by atoms with Gasteiger partial charge in [-0.25, -0.2) is 0 Å². The Labute approximate surface area is 35.3 Å². The molecule has 1 N–H and O–H groups in total. The molecule has 0 aliphatic carbocycles. The molecule has 0 rings (SSSR count). The zero-order valence-electron chi connectivity index (χ0n) is 4.15. The van der Waals surface area contributed by atoms with E-state index in [1.54, 1.807) is 0 Å². The number of hydrogen-bond acceptors (Lipinski definition) is 1. The molecule has 0 radical (unpaired) electrons. The molecule has 0 aromatic heterocycles. The van der Waals surface area contributed by atoms with Crippen LogP contribution in [0.3, 0.4) is 0 Å². The molecule has 0 aliphatic rings. The third-order valence-electron chi connectivity index (χ3n) is 0. The summed E-state index contributed by atoms with van der Waals surface area (Å²) in [5.41, 5.74) is 0. The molecule has 0 amide bonds. The summed E-state index contributed by atoms with van der Waals surface area (Å²) in [6, 6.07) is 0. The maximum atomic E-state index is 7.71. The Morgan fingerprint density at radius 1 is 1.40 bits per heavy atom. The van der Waals surface area contributed by atoms with Gasteiger partial charge in [-0.2, -0.15) is 0 Å². The first-order valence-electron chi connectivity index (χ1n) is 2.02. The van der Waals surface area contributed by atoms with E-state index >= 15 is 0 Å². The molecule has 0 fully saturated rings. The molecule has 5 heavy (non-hydrogen) atoms. The van der Waals surface area contributed by atoms with Crippen molar-refractivity contribution in [3.05, 3.63) is 0 Å². The van der Waals surface area contributed by atoms with Crippen molar-refractivity contribution in [2.24, 2.45) is 0 Å². The van der Waals surface area contributed by atoms with Crippen LogP contribution in [0.1, 0.15) is 13.8 Å². The number of rotatable bonds is 0. The third kappa shape index (κ3) is 165. The minimum atomic E-state index is -0.583. The van der Waals surface area contributed by atoms with Crippen LogP contribution in [0.2, 0.25) is 0 Å². The predicted octanol–water partition coefficient (Wildman–Crippen LogP) is 0.693. The van der Waals surface area contributed by atoms with Gasteiger partial charge in [0.15, 0.2) is 0 Å². The van der Waals surface area contributed by atoms with Crippen LogP contribution in [0.4, 0.5) is 0 Å². The summed E-state index contributed by atoms with van der Waals surface area (Å²) in [5.74, 6) is 0. The monoisotopic (exact) mass is 96.1 g/mol. The van der Waals surface area contributed by atoms with Crippen LogP contribution < -0.4 is 0 Å². The quantitative estimate of drug-likeness (QED) is 0.440. The Morgan fingerprint density at radius 2 is 1.40 bits per heavy atom. The molecule has 0 aliphatic heterocycles. The van der Waals surface area contributed by atoms with Crippen LogP contribution in [0.15, 0.2) is 0 Å². The molecule has 0 bridgehead atoms. The summed E-state index contributed by atoms with van der Waals surface area (Å²) in [6.45, 7) is 5.82. The second-order valence-corrected chi connectivity index (χ2v) is 0.949. The Hall–Kier alpha value is 0.390. The molecule has 0 saturated heterocycles. The first-order chi connectivity index (χ1) is 2.41. The van der Waals surface area contributed by atoms with E-state index in [0.29, 0.717) is 0 Å². The van der Waals surface area contributed by atoms with Crippen molar-refractivity contribution in [3.63, 3.8) is 0 Å². The standard InChI is InChI=1S/C2H6.CH7OP/c1-2;1-3-2/h1-2H3;2H,1,3H3. The van der Waals surface area contributed by atoms with Gasteiger partial charge in [0.1, 0.15) is 0 Å². The molecule has 2 heteroatoms. The first kappa shape index (κ1) is 9.04. The van der Waals surface area contributed by atoms with Crippen LogP contribution in [0, 0.1) is 0 Å². The topological polar surface area (TPSA) is 20.2 Å². The molecule has 36 valence electrons. The van der Waals surface area contributed by atoms with Gasteiger partial charge in [-0.05, 0) is 0 Å². The summed E-state index contributed by atoms with van der Waals surface area (Å²) in [4.78, 5) is 7.71. The molecular weight excluding hydrogens is 83.0 g/mol. The van der Waals surface area contributed by atoms with Gasteiger partial charge in [-0.1, -0.05) is 13.8 Å². The maximum absolute atomic E-state index is 7.71. The Morgan fingerprint density at radius 3 is 1.40 bits per heavy atom. The second-order valence-electron chi connectivity index (χ2n) is 0.316. The van der Waals surface area contributed by atoms with Crippen molar-refractivity contribution in [2.45, 2.75) is 13.8 Å². The normalized spacial score (nSPS) is 5.60. The van der Waals surface area contributed by atoms with E-state index in [0.717, 1.165) is 0 Å². The molecule has 1 nitrogen and oxygen atoms in total. The Bertz CT molecular complexity index is 6.85. The molecule has 0 heterocycles. The van der Waals surface area contributed by atoms with E-state index in [2.05, 4.69) is 0 Å². The fourth-order valence-electron chi connectivity index (χ4n) is 0. The van der Waals surface area contributed by atoms with Crippen molar-refractivity contribution in [3.8, 4) is 0 Å². The van der Waals surface area contributed by atoms with Gasteiger partial charge in [0.25, 0.3) is 0 Å². The van der Waals surface area contributed by atoms with E-state index in [-0.39, 0.29) is 0 Å². The summed E-state index contributed by atoms with van der Waals surface area (Å²) in [7, 11) is -0.583. The van der Waals surface area contributed by atoms with E-state index in [1.165, 1.54) is 0 Å². The van der Waals surface area contributed by atoms with Crippen LogP contribution in [0.5, 0.6) is 0 Å². The second kappa shape index (κ2) is 26.1. The van der Waals surface area contributed by atoms with Crippen LogP contribution in [-0.2, 0) is 0 Å². The fourth-order valence-corrected chi connectivity index (χ4v) is 0. The van der Waals surface area contributed by atoms with Crippen molar-refractivity contribution in [2.75, 3.05) is 6.66 Å². The van der Waals surface area contributed by atoms with Crippen LogP contribution in [0.25, 0.3) is 0 Å². The average Bonchev–Trinajstić information content (AvgIpc) is 1.46. The Balaban J connectivity index is 0. The van der Waals surface area contributed by atoms with Gasteiger partial charge >= 0.3 is 20.4 Å². The summed E-state index contributed by atoms with van der Waals surface area (Å²) in [5, 5.41) is 0. The third-order valence-corrected chi connectivity index (χ3v) is 0. The van der Waals surface area contributed by atoms with E-state index in [9.17, 15) is 0 Å². The molecular formula is C3H13OP. The summed E-state index contributed by atoms with van der Waals surface area (Å²) in [6.07, 6.45) is 0. The SMILES string of the molecule is CC.C[PH3]O. The van der Waals surface area contributed by atoms with E-state index in [4.69, 9.17) is 4.89 Å². The van der Waals surface area contributed by atoms with E-state index in [1.807, 2.05) is 20.5 Å². The molecule has 0 unspecified atom stereocenters. The van der Waals surface area contributed by atoms with Gasteiger partial charge in [0, 0.05) is 0 Å². The average molecular weight is 96.1 g/mol. The fraction of sp³-hybridized carbons (Fsp3) is 1.00. The van der Waals surface area contributed by atoms with Gasteiger partial charge in [0.05, 0.1) is 0 Å². The minimum absolute atomic E-state index is 0.583. The summed E-state index contributed by atoms with van der Waals surface area (Å²) >= 11 is 0. The van der Waals surface area contributed by atoms with Crippen molar-refractivity contribution >= 4 is 8.81 Å². The molecule has 0 aromatic rings. The van der Waals surface area contributed by atoms with Crippen molar-refractivity contribution in [1.29, 1.82) is 0 Å². The summed E-state index contributed by atoms with van der Waals surface area (Å²) < 4.78 is 0. The molecule has 0 aromatic carbocycles. The Kier molecular flexibility index (Phi) is 47.2. The van der Waals surface area contributed by atoms with E-state index < -0.39 is 8.81 Å². The van der Waals surface area contributed by atoms with Gasteiger partial charge in [-0.3, -0.25) is 0 Å². The van der Waals surface area contributed by atoms with Crippen LogP contribution in [-0.4, -0.2) is 11.6 Å².